The highest BCUT2D eigenvalue weighted by Gasteiger charge is 2.08. The molecule has 0 heterocycles. The van der Waals surface area contributed by atoms with Crippen LogP contribution in [0.4, 0.5) is 0 Å². The van der Waals surface area contributed by atoms with Crippen LogP contribution in [0.1, 0.15) is 5.56 Å². The molecule has 0 bridgehead atoms. The SMILES string of the molecule is N=NCc1ccc(Cl)c(Cl)c1O. The van der Waals surface area contributed by atoms with Crippen LogP contribution in [-0.2, 0) is 6.54 Å². The molecule has 0 spiro atoms. The molecule has 0 fully saturated rings. The second kappa shape index (κ2) is 3.74. The lowest BCUT2D eigenvalue weighted by Crippen LogP contribution is -1.83. The Morgan fingerprint density at radius 2 is 2.08 bits per heavy atom. The van der Waals surface area contributed by atoms with Crippen molar-refractivity contribution in [3.05, 3.63) is 27.7 Å². The van der Waals surface area contributed by atoms with Crippen molar-refractivity contribution in [2.75, 3.05) is 0 Å². The molecule has 5 heteroatoms. The van der Waals surface area contributed by atoms with E-state index in [1.54, 1.807) is 12.1 Å². The van der Waals surface area contributed by atoms with E-state index in [0.717, 1.165) is 0 Å². The first-order valence-electron chi connectivity index (χ1n) is 3.16. The number of hydrogen-bond donors (Lipinski definition) is 2. The number of nitrogens with zero attached hydrogens (tertiary/aromatic N) is 1. The Hall–Kier alpha value is -0.800. The van der Waals surface area contributed by atoms with Crippen LogP contribution in [0.15, 0.2) is 17.2 Å². The summed E-state index contributed by atoms with van der Waals surface area (Å²) >= 11 is 11.3. The third-order valence-corrected chi connectivity index (χ3v) is 2.20. The van der Waals surface area contributed by atoms with Gasteiger partial charge in [0.25, 0.3) is 0 Å². The molecule has 1 rings (SSSR count). The zero-order chi connectivity index (χ0) is 9.14. The lowest BCUT2D eigenvalue weighted by molar-refractivity contribution is 0.468. The third kappa shape index (κ3) is 1.68. The predicted octanol–water partition coefficient (Wildman–Crippen LogP) is 3.23. The van der Waals surface area contributed by atoms with Gasteiger partial charge in [-0.05, 0) is 6.07 Å². The Bertz CT molecular complexity index is 315. The van der Waals surface area contributed by atoms with E-state index in [1.807, 2.05) is 0 Å². The fourth-order valence-electron chi connectivity index (χ4n) is 0.793. The van der Waals surface area contributed by atoms with Gasteiger partial charge in [0.1, 0.15) is 10.8 Å². The van der Waals surface area contributed by atoms with Gasteiger partial charge in [0.15, 0.2) is 0 Å². The molecule has 0 radical (unpaired) electrons. The maximum atomic E-state index is 9.35. The van der Waals surface area contributed by atoms with Gasteiger partial charge in [-0.1, -0.05) is 29.3 Å². The third-order valence-electron chi connectivity index (χ3n) is 1.40. The largest absolute Gasteiger partial charge is 0.506 e. The van der Waals surface area contributed by atoms with Crippen LogP contribution in [0.5, 0.6) is 5.75 Å². The minimum Gasteiger partial charge on any atom is -0.506 e. The fourth-order valence-corrected chi connectivity index (χ4v) is 1.13. The quantitative estimate of drug-likeness (QED) is 0.715. The van der Waals surface area contributed by atoms with Gasteiger partial charge in [-0.15, -0.1) is 0 Å². The number of hydrogen-bond acceptors (Lipinski definition) is 3. The van der Waals surface area contributed by atoms with E-state index in [0.29, 0.717) is 10.6 Å². The van der Waals surface area contributed by atoms with Crippen LogP contribution in [0.25, 0.3) is 0 Å². The van der Waals surface area contributed by atoms with E-state index in [1.165, 1.54) is 0 Å². The molecular formula is C7H6Cl2N2O. The van der Waals surface area contributed by atoms with Crippen LogP contribution in [-0.4, -0.2) is 5.11 Å². The van der Waals surface area contributed by atoms with Gasteiger partial charge in [-0.25, -0.2) is 5.53 Å². The summed E-state index contributed by atoms with van der Waals surface area (Å²) in [6.07, 6.45) is 0. The Morgan fingerprint density at radius 3 is 2.67 bits per heavy atom. The highest BCUT2D eigenvalue weighted by molar-refractivity contribution is 6.43. The molecule has 1 aromatic carbocycles. The Kier molecular flexibility index (Phi) is 2.89. The lowest BCUT2D eigenvalue weighted by atomic mass is 10.2. The summed E-state index contributed by atoms with van der Waals surface area (Å²) in [5.41, 5.74) is 7.10. The highest BCUT2D eigenvalue weighted by Crippen LogP contribution is 2.34. The zero-order valence-corrected chi connectivity index (χ0v) is 7.52. The molecule has 1 aromatic rings. The molecule has 2 N–H and O–H groups in total. The molecular weight excluding hydrogens is 199 g/mol. The van der Waals surface area contributed by atoms with Gasteiger partial charge in [-0.2, -0.15) is 5.11 Å². The van der Waals surface area contributed by atoms with Crippen LogP contribution >= 0.6 is 23.2 Å². The van der Waals surface area contributed by atoms with Gasteiger partial charge < -0.3 is 5.11 Å². The molecule has 0 unspecified atom stereocenters. The van der Waals surface area contributed by atoms with Crippen LogP contribution in [0.3, 0.4) is 0 Å². The van der Waals surface area contributed by atoms with Gasteiger partial charge in [-0.3, -0.25) is 0 Å². The van der Waals surface area contributed by atoms with E-state index >= 15 is 0 Å². The van der Waals surface area contributed by atoms with Gasteiger partial charge in [0, 0.05) is 5.56 Å². The van der Waals surface area contributed by atoms with Crippen molar-refractivity contribution in [2.24, 2.45) is 5.11 Å². The molecule has 0 atom stereocenters. The molecule has 0 aliphatic carbocycles. The standard InChI is InChI=1S/C7H6Cl2N2O/c8-5-2-1-4(3-11-10)7(12)6(5)9/h1-2,10,12H,3H2. The van der Waals surface area contributed by atoms with E-state index in [4.69, 9.17) is 28.7 Å². The smallest absolute Gasteiger partial charge is 0.140 e. The molecule has 0 saturated carbocycles. The second-order valence-electron chi connectivity index (χ2n) is 2.19. The second-order valence-corrected chi connectivity index (χ2v) is 2.97. The van der Waals surface area contributed by atoms with Crippen LogP contribution < -0.4 is 0 Å². The number of nitrogens with one attached hydrogen (secondary N) is 1. The van der Waals surface area contributed by atoms with E-state index < -0.39 is 0 Å². The first-order valence-corrected chi connectivity index (χ1v) is 3.91. The van der Waals surface area contributed by atoms with Gasteiger partial charge >= 0.3 is 0 Å². The minimum absolute atomic E-state index is 0.0971. The van der Waals surface area contributed by atoms with Crippen LogP contribution in [0.2, 0.25) is 10.0 Å². The molecule has 0 aromatic heterocycles. The summed E-state index contributed by atoms with van der Waals surface area (Å²) in [5.74, 6) is -0.0971. The van der Waals surface area contributed by atoms with E-state index in [2.05, 4.69) is 5.11 Å². The fraction of sp³-hybridized carbons (Fsp3) is 0.143. The summed E-state index contributed by atoms with van der Waals surface area (Å²) in [4.78, 5) is 0. The summed E-state index contributed by atoms with van der Waals surface area (Å²) in [6, 6.07) is 3.14. The summed E-state index contributed by atoms with van der Waals surface area (Å²) in [6.45, 7) is 0.114. The maximum Gasteiger partial charge on any atom is 0.140 e. The number of phenols is 1. The topological polar surface area (TPSA) is 56.4 Å². The Morgan fingerprint density at radius 1 is 1.42 bits per heavy atom. The van der Waals surface area contributed by atoms with Crippen molar-refractivity contribution in [1.82, 2.24) is 0 Å². The van der Waals surface area contributed by atoms with Gasteiger partial charge in [0.05, 0.1) is 11.6 Å². The maximum absolute atomic E-state index is 9.35. The van der Waals surface area contributed by atoms with Crippen molar-refractivity contribution in [1.29, 1.82) is 5.53 Å². The summed E-state index contributed by atoms with van der Waals surface area (Å²) in [5, 5.41) is 12.9. The van der Waals surface area contributed by atoms with E-state index in [9.17, 15) is 5.11 Å². The number of aromatic hydroxyl groups is 1. The van der Waals surface area contributed by atoms with Gasteiger partial charge in [0.2, 0.25) is 0 Å². The molecule has 0 amide bonds. The highest BCUT2D eigenvalue weighted by atomic mass is 35.5. The lowest BCUT2D eigenvalue weighted by Gasteiger charge is -2.03. The van der Waals surface area contributed by atoms with Crippen molar-refractivity contribution in [3.8, 4) is 5.75 Å². The van der Waals surface area contributed by atoms with Crippen molar-refractivity contribution in [2.45, 2.75) is 6.54 Å². The van der Waals surface area contributed by atoms with Crippen molar-refractivity contribution < 1.29 is 5.11 Å². The van der Waals surface area contributed by atoms with Crippen LogP contribution in [0, 0.1) is 5.53 Å². The minimum atomic E-state index is -0.0971. The summed E-state index contributed by atoms with van der Waals surface area (Å²) < 4.78 is 0. The molecule has 64 valence electrons. The van der Waals surface area contributed by atoms with Crippen molar-refractivity contribution in [3.63, 3.8) is 0 Å². The van der Waals surface area contributed by atoms with Crippen molar-refractivity contribution >= 4 is 23.2 Å². The van der Waals surface area contributed by atoms with E-state index in [-0.39, 0.29) is 17.3 Å². The molecule has 3 nitrogen and oxygen atoms in total. The monoisotopic (exact) mass is 204 g/mol. The Balaban J connectivity index is 3.16. The number of benzene rings is 1. The molecule has 0 aliphatic heterocycles. The predicted molar refractivity (Wildman–Crippen MR) is 47.0 cm³/mol. The first-order chi connectivity index (χ1) is 5.66. The molecule has 12 heavy (non-hydrogen) atoms. The first kappa shape index (κ1) is 9.29. The number of phenolic OH excluding ortho intramolecular Hbond substituents is 1. The zero-order valence-electron chi connectivity index (χ0n) is 6.01. The number of rotatable bonds is 2. The number of halogens is 2. The average molecular weight is 205 g/mol. The average Bonchev–Trinajstić information content (AvgIpc) is 2.07. The molecule has 0 saturated heterocycles. The summed E-state index contributed by atoms with van der Waals surface area (Å²) in [7, 11) is 0. The Labute approximate surface area is 79.4 Å². The molecule has 0 aliphatic rings. The normalized spacial score (nSPS) is 9.83.